The summed E-state index contributed by atoms with van der Waals surface area (Å²) in [4.78, 5) is 42.8. The SMILES string of the molecule is Cc1cc(Cl)c(OCCOc2ccc(C(=O)NC3CCN(C(=O)O)CC3C(=O)N(Cc3cccc(C)c3C)C3CC3)c(C)c2)c(Cl)c1. The zero-order chi connectivity index (χ0) is 33.8. The highest BCUT2D eigenvalue weighted by Gasteiger charge is 2.43. The van der Waals surface area contributed by atoms with Crippen molar-refractivity contribution in [2.75, 3.05) is 26.3 Å². The Labute approximate surface area is 285 Å². The van der Waals surface area contributed by atoms with Crippen LogP contribution in [-0.2, 0) is 11.3 Å². The van der Waals surface area contributed by atoms with Crippen molar-refractivity contribution in [1.29, 1.82) is 0 Å². The first-order valence-corrected chi connectivity index (χ1v) is 16.6. The maximum Gasteiger partial charge on any atom is 0.407 e. The molecule has 2 unspecified atom stereocenters. The fraction of sp³-hybridized carbons (Fsp3) is 0.417. The number of ether oxygens (including phenoxy) is 2. The van der Waals surface area contributed by atoms with Gasteiger partial charge >= 0.3 is 6.09 Å². The molecule has 3 amide bonds. The first-order chi connectivity index (χ1) is 22.4. The van der Waals surface area contributed by atoms with Gasteiger partial charge < -0.3 is 29.7 Å². The van der Waals surface area contributed by atoms with Crippen LogP contribution in [0.3, 0.4) is 0 Å². The van der Waals surface area contributed by atoms with Crippen molar-refractivity contribution >= 4 is 41.1 Å². The summed E-state index contributed by atoms with van der Waals surface area (Å²) in [6, 6.07) is 14.4. The van der Waals surface area contributed by atoms with Gasteiger partial charge in [-0.25, -0.2) is 4.79 Å². The summed E-state index contributed by atoms with van der Waals surface area (Å²) in [7, 11) is 0. The molecule has 0 radical (unpaired) electrons. The average molecular weight is 683 g/mol. The smallest absolute Gasteiger partial charge is 0.407 e. The number of carboxylic acid groups (broad SMARTS) is 1. The number of nitrogens with zero attached hydrogens (tertiary/aromatic N) is 2. The fourth-order valence-electron chi connectivity index (χ4n) is 6.06. The van der Waals surface area contributed by atoms with E-state index >= 15 is 0 Å². The van der Waals surface area contributed by atoms with E-state index < -0.39 is 18.1 Å². The standard InChI is InChI=1S/C36H41Cl2N3O6/c1-21-16-30(37)33(31(38)17-21)47-15-14-46-27-10-11-28(23(3)18-27)34(42)39-32-12-13-40(36(44)45)20-29(32)35(43)41(26-8-9-26)19-25-7-5-6-22(2)24(25)4/h5-7,10-11,16-18,26,29,32H,8-9,12-15,19-20H2,1-4H3,(H,39,42)(H,44,45). The number of carbonyl (C=O) groups excluding carboxylic acids is 2. The number of hydrogen-bond acceptors (Lipinski definition) is 5. The van der Waals surface area contributed by atoms with Crippen molar-refractivity contribution in [3.05, 3.63) is 92.0 Å². The molecule has 2 atom stereocenters. The third-order valence-electron chi connectivity index (χ3n) is 9.03. The van der Waals surface area contributed by atoms with Crippen LogP contribution in [0.15, 0.2) is 48.5 Å². The van der Waals surface area contributed by atoms with E-state index in [0.717, 1.165) is 35.1 Å². The van der Waals surface area contributed by atoms with E-state index in [1.54, 1.807) is 30.3 Å². The summed E-state index contributed by atoms with van der Waals surface area (Å²) >= 11 is 12.5. The van der Waals surface area contributed by atoms with Crippen molar-refractivity contribution in [2.45, 2.75) is 65.6 Å². The number of hydrogen-bond donors (Lipinski definition) is 2. The molecule has 1 aliphatic carbocycles. The molecule has 0 aromatic heterocycles. The largest absolute Gasteiger partial charge is 0.490 e. The molecule has 2 aliphatic rings. The van der Waals surface area contributed by atoms with Crippen molar-refractivity contribution in [3.8, 4) is 11.5 Å². The maximum absolute atomic E-state index is 14.2. The molecular weight excluding hydrogens is 641 g/mol. The molecule has 47 heavy (non-hydrogen) atoms. The van der Waals surface area contributed by atoms with Gasteiger partial charge in [-0.1, -0.05) is 41.4 Å². The Morgan fingerprint density at radius 3 is 2.30 bits per heavy atom. The summed E-state index contributed by atoms with van der Waals surface area (Å²) in [6.07, 6.45) is 1.10. The van der Waals surface area contributed by atoms with E-state index in [1.165, 1.54) is 4.90 Å². The van der Waals surface area contributed by atoms with Gasteiger partial charge in [0.15, 0.2) is 5.75 Å². The number of benzene rings is 3. The average Bonchev–Trinajstić information content (AvgIpc) is 3.86. The first kappa shape index (κ1) is 34.4. The minimum atomic E-state index is -1.07. The van der Waals surface area contributed by atoms with Crippen LogP contribution >= 0.6 is 23.2 Å². The van der Waals surface area contributed by atoms with Gasteiger partial charge in [0.25, 0.3) is 5.91 Å². The van der Waals surface area contributed by atoms with Crippen molar-refractivity contribution < 1.29 is 29.0 Å². The Kier molecular flexibility index (Phi) is 10.9. The number of piperidine rings is 1. The molecule has 250 valence electrons. The van der Waals surface area contributed by atoms with Gasteiger partial charge in [0.2, 0.25) is 5.91 Å². The quantitative estimate of drug-likeness (QED) is 0.212. The maximum atomic E-state index is 14.2. The molecule has 1 saturated heterocycles. The predicted molar refractivity (Wildman–Crippen MR) is 182 cm³/mol. The van der Waals surface area contributed by atoms with E-state index in [0.29, 0.717) is 45.6 Å². The summed E-state index contributed by atoms with van der Waals surface area (Å²) in [5, 5.41) is 13.7. The third-order valence-corrected chi connectivity index (χ3v) is 9.59. The first-order valence-electron chi connectivity index (χ1n) is 15.9. The van der Waals surface area contributed by atoms with Crippen LogP contribution in [0.5, 0.6) is 11.5 Å². The Balaban J connectivity index is 1.24. The van der Waals surface area contributed by atoms with E-state index in [4.69, 9.17) is 32.7 Å². The lowest BCUT2D eigenvalue weighted by Crippen LogP contribution is -2.57. The molecule has 5 rings (SSSR count). The predicted octanol–water partition coefficient (Wildman–Crippen LogP) is 6.97. The van der Waals surface area contributed by atoms with E-state index in [2.05, 4.69) is 12.2 Å². The van der Waals surface area contributed by atoms with Crippen LogP contribution in [-0.4, -0.2) is 71.2 Å². The second-order valence-electron chi connectivity index (χ2n) is 12.5. The van der Waals surface area contributed by atoms with Crippen LogP contribution < -0.4 is 14.8 Å². The zero-order valence-corrected chi connectivity index (χ0v) is 28.7. The van der Waals surface area contributed by atoms with E-state index in [9.17, 15) is 19.5 Å². The molecule has 3 aromatic carbocycles. The Hall–Kier alpha value is -3.95. The Bertz CT molecular complexity index is 1640. The minimum Gasteiger partial charge on any atom is -0.490 e. The third kappa shape index (κ3) is 8.32. The van der Waals surface area contributed by atoms with E-state index in [-0.39, 0.29) is 44.2 Å². The minimum absolute atomic E-state index is 0.0297. The second-order valence-corrected chi connectivity index (χ2v) is 13.3. The van der Waals surface area contributed by atoms with Crippen molar-refractivity contribution in [1.82, 2.24) is 15.1 Å². The zero-order valence-electron chi connectivity index (χ0n) is 27.1. The summed E-state index contributed by atoms with van der Waals surface area (Å²) in [6.45, 7) is 8.99. The fourth-order valence-corrected chi connectivity index (χ4v) is 6.76. The normalized spacial score (nSPS) is 17.6. The lowest BCUT2D eigenvalue weighted by Gasteiger charge is -2.39. The highest BCUT2D eigenvalue weighted by Crippen LogP contribution is 2.35. The number of aryl methyl sites for hydroxylation is 3. The summed E-state index contributed by atoms with van der Waals surface area (Å²) in [5.41, 5.74) is 5.46. The van der Waals surface area contributed by atoms with Gasteiger partial charge in [-0.2, -0.15) is 0 Å². The van der Waals surface area contributed by atoms with Crippen LogP contribution in [0, 0.1) is 33.6 Å². The van der Waals surface area contributed by atoms with Gasteiger partial charge in [0, 0.05) is 37.3 Å². The van der Waals surface area contributed by atoms with Gasteiger partial charge in [-0.05, 0) is 105 Å². The number of carbonyl (C=O) groups is 3. The number of nitrogens with one attached hydrogen (secondary N) is 1. The molecule has 2 N–H and O–H groups in total. The van der Waals surface area contributed by atoms with Gasteiger partial charge in [-0.3, -0.25) is 9.59 Å². The second kappa shape index (κ2) is 14.9. The lowest BCUT2D eigenvalue weighted by molar-refractivity contribution is -0.139. The molecule has 2 fully saturated rings. The molecule has 9 nitrogen and oxygen atoms in total. The molecule has 11 heteroatoms. The van der Waals surface area contributed by atoms with Crippen LogP contribution in [0.4, 0.5) is 4.79 Å². The Morgan fingerprint density at radius 2 is 1.64 bits per heavy atom. The molecule has 3 aromatic rings. The summed E-state index contributed by atoms with van der Waals surface area (Å²) < 4.78 is 11.6. The number of halogens is 2. The van der Waals surface area contributed by atoms with Crippen LogP contribution in [0.2, 0.25) is 10.0 Å². The van der Waals surface area contributed by atoms with Crippen LogP contribution in [0.25, 0.3) is 0 Å². The summed E-state index contributed by atoms with van der Waals surface area (Å²) in [5.74, 6) is -0.172. The van der Waals surface area contributed by atoms with Gasteiger partial charge in [0.05, 0.1) is 16.0 Å². The lowest BCUT2D eigenvalue weighted by atomic mass is 9.89. The molecule has 1 saturated carbocycles. The van der Waals surface area contributed by atoms with Crippen molar-refractivity contribution in [2.24, 2.45) is 5.92 Å². The topological polar surface area (TPSA) is 108 Å². The molecular formula is C36H41Cl2N3O6. The van der Waals surface area contributed by atoms with Gasteiger partial charge in [0.1, 0.15) is 19.0 Å². The van der Waals surface area contributed by atoms with E-state index in [1.807, 2.05) is 43.9 Å². The molecule has 1 heterocycles. The highest BCUT2D eigenvalue weighted by atomic mass is 35.5. The molecule has 0 bridgehead atoms. The van der Waals surface area contributed by atoms with Crippen molar-refractivity contribution in [3.63, 3.8) is 0 Å². The molecule has 0 spiro atoms. The highest BCUT2D eigenvalue weighted by molar-refractivity contribution is 6.37. The molecule has 1 aliphatic heterocycles. The van der Waals surface area contributed by atoms with Gasteiger partial charge in [-0.15, -0.1) is 0 Å². The Morgan fingerprint density at radius 1 is 0.936 bits per heavy atom. The van der Waals surface area contributed by atoms with Crippen LogP contribution in [0.1, 0.15) is 57.4 Å². The number of rotatable bonds is 11. The number of likely N-dealkylation sites (tertiary alicyclic amines) is 1. The number of amides is 3. The monoisotopic (exact) mass is 681 g/mol.